The molecule has 0 atom stereocenters. The van der Waals surface area contributed by atoms with E-state index in [-0.39, 0.29) is 5.91 Å². The van der Waals surface area contributed by atoms with Crippen LogP contribution in [0.4, 0.5) is 11.4 Å². The molecule has 4 heteroatoms. The lowest BCUT2D eigenvalue weighted by Crippen LogP contribution is -2.14. The maximum atomic E-state index is 12.0. The van der Waals surface area contributed by atoms with Crippen molar-refractivity contribution in [2.75, 3.05) is 16.8 Å². The fourth-order valence-electron chi connectivity index (χ4n) is 1.99. The Hall–Kier alpha value is -1.94. The number of anilines is 2. The highest BCUT2D eigenvalue weighted by atomic mass is 32.2. The van der Waals surface area contributed by atoms with Crippen molar-refractivity contribution in [2.45, 2.75) is 25.2 Å². The number of nitrogen functional groups attached to an aromatic ring is 1. The van der Waals surface area contributed by atoms with Gasteiger partial charge in [0.2, 0.25) is 5.91 Å². The number of nitrogens with two attached hydrogens (primary N) is 1. The molecule has 2 aromatic carbocycles. The largest absolute Gasteiger partial charge is 0.398 e. The van der Waals surface area contributed by atoms with Gasteiger partial charge < -0.3 is 11.1 Å². The smallest absolute Gasteiger partial charge is 0.234 e. The van der Waals surface area contributed by atoms with Gasteiger partial charge in [-0.1, -0.05) is 31.2 Å². The molecule has 0 aliphatic carbocycles. The predicted molar refractivity (Wildman–Crippen MR) is 90.8 cm³/mol. The van der Waals surface area contributed by atoms with Crippen LogP contribution in [0.25, 0.3) is 0 Å². The Kier molecular flexibility index (Phi) is 5.28. The predicted octanol–water partition coefficient (Wildman–Crippen LogP) is 3.87. The number of rotatable bonds is 5. The summed E-state index contributed by atoms with van der Waals surface area (Å²) in [6.45, 7) is 4.06. The molecule has 0 bridgehead atoms. The highest BCUT2D eigenvalue weighted by Crippen LogP contribution is 2.27. The molecule has 110 valence electrons. The first kappa shape index (κ1) is 15.4. The van der Waals surface area contributed by atoms with Gasteiger partial charge in [-0.15, -0.1) is 11.8 Å². The van der Waals surface area contributed by atoms with Gasteiger partial charge >= 0.3 is 0 Å². The summed E-state index contributed by atoms with van der Waals surface area (Å²) in [6, 6.07) is 13.8. The lowest BCUT2D eigenvalue weighted by Gasteiger charge is -2.09. The van der Waals surface area contributed by atoms with Gasteiger partial charge in [0.25, 0.3) is 0 Å². The Morgan fingerprint density at radius 2 is 2.00 bits per heavy atom. The fraction of sp³-hybridized carbons (Fsp3) is 0.235. The molecule has 0 fully saturated rings. The molecule has 0 saturated heterocycles. The minimum absolute atomic E-state index is 0.0193. The van der Waals surface area contributed by atoms with E-state index in [2.05, 4.69) is 18.3 Å². The van der Waals surface area contributed by atoms with Crippen LogP contribution in [-0.2, 0) is 11.2 Å². The van der Waals surface area contributed by atoms with Gasteiger partial charge in [-0.05, 0) is 42.7 Å². The SMILES string of the molecule is CCc1cccc(NC(=O)CSc2cccc(C)c2N)c1. The van der Waals surface area contributed by atoms with Gasteiger partial charge in [0.15, 0.2) is 0 Å². The van der Waals surface area contributed by atoms with Crippen molar-refractivity contribution in [3.05, 3.63) is 53.6 Å². The maximum absolute atomic E-state index is 12.0. The number of hydrogen-bond acceptors (Lipinski definition) is 3. The van der Waals surface area contributed by atoms with Crippen molar-refractivity contribution in [1.29, 1.82) is 0 Å². The molecular formula is C17H20N2OS. The molecule has 0 unspecified atom stereocenters. The first-order valence-corrected chi connectivity index (χ1v) is 7.95. The highest BCUT2D eigenvalue weighted by molar-refractivity contribution is 8.00. The Balaban J connectivity index is 1.94. The lowest BCUT2D eigenvalue weighted by atomic mass is 10.1. The summed E-state index contributed by atoms with van der Waals surface area (Å²) < 4.78 is 0. The minimum Gasteiger partial charge on any atom is -0.398 e. The van der Waals surface area contributed by atoms with Crippen LogP contribution in [-0.4, -0.2) is 11.7 Å². The zero-order valence-corrected chi connectivity index (χ0v) is 13.2. The standard InChI is InChI=1S/C17H20N2OS/c1-3-13-7-5-8-14(10-13)19-16(20)11-21-15-9-4-6-12(2)17(15)18/h4-10H,3,11,18H2,1-2H3,(H,19,20). The van der Waals surface area contributed by atoms with Gasteiger partial charge in [-0.25, -0.2) is 0 Å². The van der Waals surface area contributed by atoms with Crippen LogP contribution in [0.15, 0.2) is 47.4 Å². The summed E-state index contributed by atoms with van der Waals surface area (Å²) in [5.41, 5.74) is 9.85. The molecule has 0 saturated carbocycles. The second-order valence-electron chi connectivity index (χ2n) is 4.88. The molecule has 1 amide bonds. The van der Waals surface area contributed by atoms with E-state index in [0.29, 0.717) is 5.75 Å². The number of nitrogens with one attached hydrogen (secondary N) is 1. The average molecular weight is 300 g/mol. The first-order chi connectivity index (χ1) is 10.1. The minimum atomic E-state index is -0.0193. The number of carbonyl (C=O) groups is 1. The van der Waals surface area contributed by atoms with Crippen molar-refractivity contribution >= 4 is 29.0 Å². The molecule has 3 nitrogen and oxygen atoms in total. The average Bonchev–Trinajstić information content (AvgIpc) is 2.49. The summed E-state index contributed by atoms with van der Waals surface area (Å²) in [5.74, 6) is 0.332. The Morgan fingerprint density at radius 1 is 1.24 bits per heavy atom. The quantitative estimate of drug-likeness (QED) is 0.651. The highest BCUT2D eigenvalue weighted by Gasteiger charge is 2.07. The molecular weight excluding hydrogens is 280 g/mol. The number of carbonyl (C=O) groups excluding carboxylic acids is 1. The Morgan fingerprint density at radius 3 is 2.76 bits per heavy atom. The van der Waals surface area contributed by atoms with Crippen molar-refractivity contribution in [3.8, 4) is 0 Å². The molecule has 21 heavy (non-hydrogen) atoms. The number of amides is 1. The van der Waals surface area contributed by atoms with E-state index in [9.17, 15) is 4.79 Å². The van der Waals surface area contributed by atoms with Gasteiger partial charge in [0.05, 0.1) is 5.75 Å². The van der Waals surface area contributed by atoms with Crippen LogP contribution in [0, 0.1) is 6.92 Å². The topological polar surface area (TPSA) is 55.1 Å². The second kappa shape index (κ2) is 7.18. The van der Waals surface area contributed by atoms with E-state index in [1.165, 1.54) is 17.3 Å². The molecule has 3 N–H and O–H groups in total. The van der Waals surface area contributed by atoms with Gasteiger partial charge in [-0.2, -0.15) is 0 Å². The molecule has 2 rings (SSSR count). The second-order valence-corrected chi connectivity index (χ2v) is 5.89. The van der Waals surface area contributed by atoms with Crippen LogP contribution in [0.3, 0.4) is 0 Å². The Bertz CT molecular complexity index is 640. The number of para-hydroxylation sites is 1. The third kappa shape index (κ3) is 4.26. The van der Waals surface area contributed by atoms with Crippen molar-refractivity contribution in [1.82, 2.24) is 0 Å². The summed E-state index contributed by atoms with van der Waals surface area (Å²) in [5, 5.41) is 2.92. The van der Waals surface area contributed by atoms with E-state index < -0.39 is 0 Å². The van der Waals surface area contributed by atoms with E-state index in [1.54, 1.807) is 0 Å². The van der Waals surface area contributed by atoms with Gasteiger partial charge in [0, 0.05) is 16.3 Å². The van der Waals surface area contributed by atoms with Gasteiger partial charge in [0.1, 0.15) is 0 Å². The molecule has 2 aromatic rings. The third-order valence-corrected chi connectivity index (χ3v) is 4.34. The van der Waals surface area contributed by atoms with Crippen molar-refractivity contribution < 1.29 is 4.79 Å². The molecule has 0 spiro atoms. The van der Waals surface area contributed by atoms with Crippen LogP contribution < -0.4 is 11.1 Å². The third-order valence-electron chi connectivity index (χ3n) is 3.26. The van der Waals surface area contributed by atoms with Crippen LogP contribution >= 0.6 is 11.8 Å². The number of aryl methyl sites for hydroxylation is 2. The zero-order valence-electron chi connectivity index (χ0n) is 12.3. The summed E-state index contributed by atoms with van der Waals surface area (Å²) in [7, 11) is 0. The number of hydrogen-bond donors (Lipinski definition) is 2. The van der Waals surface area contributed by atoms with Crippen molar-refractivity contribution in [2.24, 2.45) is 0 Å². The first-order valence-electron chi connectivity index (χ1n) is 6.97. The molecule has 0 aromatic heterocycles. The van der Waals surface area contributed by atoms with Crippen molar-refractivity contribution in [3.63, 3.8) is 0 Å². The fourth-order valence-corrected chi connectivity index (χ4v) is 2.84. The lowest BCUT2D eigenvalue weighted by molar-refractivity contribution is -0.113. The van der Waals surface area contributed by atoms with Gasteiger partial charge in [-0.3, -0.25) is 4.79 Å². The summed E-state index contributed by atoms with van der Waals surface area (Å²) in [6.07, 6.45) is 0.957. The van der Waals surface area contributed by atoms with E-state index in [0.717, 1.165) is 28.3 Å². The maximum Gasteiger partial charge on any atom is 0.234 e. The molecule has 0 radical (unpaired) electrons. The van der Waals surface area contributed by atoms with E-state index >= 15 is 0 Å². The van der Waals surface area contributed by atoms with E-state index in [1.807, 2.05) is 43.3 Å². The monoisotopic (exact) mass is 300 g/mol. The van der Waals surface area contributed by atoms with E-state index in [4.69, 9.17) is 5.73 Å². The van der Waals surface area contributed by atoms with Crippen LogP contribution in [0.5, 0.6) is 0 Å². The summed E-state index contributed by atoms with van der Waals surface area (Å²) in [4.78, 5) is 13.0. The van der Waals surface area contributed by atoms with Crippen LogP contribution in [0.2, 0.25) is 0 Å². The van der Waals surface area contributed by atoms with Crippen LogP contribution in [0.1, 0.15) is 18.1 Å². The molecule has 0 aliphatic rings. The molecule has 0 aliphatic heterocycles. The molecule has 0 heterocycles. The number of thioether (sulfide) groups is 1. The normalized spacial score (nSPS) is 10.4. The summed E-state index contributed by atoms with van der Waals surface area (Å²) >= 11 is 1.46. The Labute approximate surface area is 129 Å². The zero-order chi connectivity index (χ0) is 15.2. The number of benzene rings is 2.